The summed E-state index contributed by atoms with van der Waals surface area (Å²) in [4.78, 5) is 4.62. The molecule has 0 N–H and O–H groups in total. The molecule has 13 aromatic rings. The molecule has 304 valence electrons. The highest BCUT2D eigenvalue weighted by Gasteiger charge is 2.25. The fourth-order valence-corrected chi connectivity index (χ4v) is 10.3. The van der Waals surface area contributed by atoms with Crippen molar-refractivity contribution in [3.8, 4) is 22.6 Å². The van der Waals surface area contributed by atoms with Gasteiger partial charge in [0, 0.05) is 72.2 Å². The van der Waals surface area contributed by atoms with Crippen LogP contribution in [0.3, 0.4) is 0 Å². The van der Waals surface area contributed by atoms with Crippen molar-refractivity contribution in [1.82, 2.24) is 0 Å². The van der Waals surface area contributed by atoms with Gasteiger partial charge >= 0.3 is 0 Å². The van der Waals surface area contributed by atoms with Crippen LogP contribution in [0.1, 0.15) is 0 Å². The minimum Gasteiger partial charge on any atom is -0.456 e. The zero-order chi connectivity index (χ0) is 42.6. The first kappa shape index (κ1) is 35.8. The van der Waals surface area contributed by atoms with E-state index in [0.29, 0.717) is 0 Å². The Morgan fingerprint density at radius 1 is 0.277 bits per heavy atom. The molecule has 3 heterocycles. The number of para-hydroxylation sites is 4. The van der Waals surface area contributed by atoms with Crippen LogP contribution in [0, 0.1) is 0 Å². The van der Waals surface area contributed by atoms with Crippen LogP contribution in [-0.4, -0.2) is 0 Å². The summed E-state index contributed by atoms with van der Waals surface area (Å²) in [6.45, 7) is 0. The minimum absolute atomic E-state index is 0.846. The summed E-state index contributed by atoms with van der Waals surface area (Å²) in [5, 5.41) is 11.3. The molecule has 1 aliphatic rings. The number of anilines is 6. The monoisotopic (exact) mass is 832 g/mol. The van der Waals surface area contributed by atoms with Gasteiger partial charge in [-0.05, 0) is 130 Å². The highest BCUT2D eigenvalue weighted by molar-refractivity contribution is 6.28. The number of furan rings is 2. The van der Waals surface area contributed by atoms with Crippen molar-refractivity contribution < 1.29 is 13.6 Å². The first-order valence-corrected chi connectivity index (χ1v) is 22.0. The summed E-state index contributed by atoms with van der Waals surface area (Å²) in [6.07, 6.45) is 0. The standard InChI is InChI=1S/C60H36N2O3/c1-3-12-40(13-4-1)61(43-28-30-54-50(34-43)46-16-7-9-19-52(46)63-54)42-26-24-37(25-27-42)49-33-39-23-22-38-32-45(36-57-58(38)59(39)60-48(49)18-11-21-56(60)65-57)62(41-14-5-2-6-15-41)44-29-31-55-51(35-44)47-17-8-10-20-53(47)64-55/h1-36H. The number of rotatable bonds is 7. The van der Waals surface area contributed by atoms with Crippen molar-refractivity contribution in [3.63, 3.8) is 0 Å². The van der Waals surface area contributed by atoms with E-state index < -0.39 is 0 Å². The van der Waals surface area contributed by atoms with Crippen molar-refractivity contribution >= 4 is 110 Å². The molecule has 2 aromatic heterocycles. The Labute approximate surface area is 373 Å². The predicted molar refractivity (Wildman–Crippen MR) is 268 cm³/mol. The highest BCUT2D eigenvalue weighted by atomic mass is 16.5. The zero-order valence-corrected chi connectivity index (χ0v) is 34.9. The first-order chi connectivity index (χ1) is 32.2. The average Bonchev–Trinajstić information content (AvgIpc) is 3.93. The van der Waals surface area contributed by atoms with E-state index in [-0.39, 0.29) is 0 Å². The zero-order valence-electron chi connectivity index (χ0n) is 34.9. The molecule has 0 spiro atoms. The maximum Gasteiger partial charge on any atom is 0.138 e. The van der Waals surface area contributed by atoms with Gasteiger partial charge < -0.3 is 23.4 Å². The second kappa shape index (κ2) is 13.9. The number of hydrogen-bond donors (Lipinski definition) is 0. The fraction of sp³-hybridized carbons (Fsp3) is 0. The van der Waals surface area contributed by atoms with E-state index in [4.69, 9.17) is 13.6 Å². The smallest absolute Gasteiger partial charge is 0.138 e. The van der Waals surface area contributed by atoms with Crippen LogP contribution in [0.5, 0.6) is 11.5 Å². The second-order valence-electron chi connectivity index (χ2n) is 16.9. The van der Waals surface area contributed by atoms with E-state index in [0.717, 1.165) is 117 Å². The number of ether oxygens (including phenoxy) is 1. The van der Waals surface area contributed by atoms with Crippen molar-refractivity contribution in [1.29, 1.82) is 0 Å². The van der Waals surface area contributed by atoms with E-state index in [1.807, 2.05) is 24.3 Å². The summed E-state index contributed by atoms with van der Waals surface area (Å²) in [7, 11) is 0. The Balaban J connectivity index is 0.892. The number of benzene rings is 11. The van der Waals surface area contributed by atoms with Crippen LogP contribution >= 0.6 is 0 Å². The number of hydrogen-bond acceptors (Lipinski definition) is 5. The van der Waals surface area contributed by atoms with Crippen LogP contribution in [0.15, 0.2) is 227 Å². The third-order valence-corrected chi connectivity index (χ3v) is 13.1. The molecular formula is C60H36N2O3. The molecule has 0 fully saturated rings. The van der Waals surface area contributed by atoms with Gasteiger partial charge in [0.2, 0.25) is 0 Å². The molecule has 0 saturated heterocycles. The summed E-state index contributed by atoms with van der Waals surface area (Å²) >= 11 is 0. The molecule has 0 amide bonds. The normalized spacial score (nSPS) is 12.1. The third kappa shape index (κ3) is 5.52. The fourth-order valence-electron chi connectivity index (χ4n) is 10.3. The van der Waals surface area contributed by atoms with Gasteiger partial charge in [-0.3, -0.25) is 0 Å². The van der Waals surface area contributed by atoms with Gasteiger partial charge in [-0.1, -0.05) is 109 Å². The van der Waals surface area contributed by atoms with E-state index in [2.05, 4.69) is 204 Å². The molecule has 0 aliphatic carbocycles. The van der Waals surface area contributed by atoms with Crippen molar-refractivity contribution in [3.05, 3.63) is 218 Å². The van der Waals surface area contributed by atoms with Gasteiger partial charge in [-0.2, -0.15) is 0 Å². The lowest BCUT2D eigenvalue weighted by molar-refractivity contribution is 0.493. The Hall–Kier alpha value is -8.80. The van der Waals surface area contributed by atoms with Crippen LogP contribution < -0.4 is 14.5 Å². The molecule has 5 heteroatoms. The van der Waals surface area contributed by atoms with Gasteiger partial charge in [0.15, 0.2) is 0 Å². The number of fused-ring (bicyclic) bond motifs is 6. The van der Waals surface area contributed by atoms with E-state index in [1.165, 1.54) is 16.3 Å². The second-order valence-corrected chi connectivity index (χ2v) is 16.9. The molecule has 0 saturated carbocycles. The highest BCUT2D eigenvalue weighted by Crippen LogP contribution is 2.52. The maximum atomic E-state index is 7.00. The van der Waals surface area contributed by atoms with Gasteiger partial charge in [0.05, 0.1) is 5.69 Å². The average molecular weight is 833 g/mol. The molecule has 1 aliphatic heterocycles. The maximum absolute atomic E-state index is 7.00. The first-order valence-electron chi connectivity index (χ1n) is 22.0. The van der Waals surface area contributed by atoms with Crippen LogP contribution in [-0.2, 0) is 0 Å². The molecule has 0 atom stereocenters. The lowest BCUT2D eigenvalue weighted by atomic mass is 9.88. The van der Waals surface area contributed by atoms with Gasteiger partial charge in [-0.15, -0.1) is 0 Å². The van der Waals surface area contributed by atoms with Crippen LogP contribution in [0.2, 0.25) is 0 Å². The Kier molecular flexibility index (Phi) is 7.62. The van der Waals surface area contributed by atoms with Gasteiger partial charge in [0.25, 0.3) is 0 Å². The molecular weight excluding hydrogens is 797 g/mol. The van der Waals surface area contributed by atoms with E-state index in [1.54, 1.807) is 0 Å². The third-order valence-electron chi connectivity index (χ3n) is 13.1. The van der Waals surface area contributed by atoms with E-state index >= 15 is 0 Å². The van der Waals surface area contributed by atoms with Crippen molar-refractivity contribution in [2.45, 2.75) is 0 Å². The summed E-state index contributed by atoms with van der Waals surface area (Å²) in [6, 6.07) is 77.3. The lowest BCUT2D eigenvalue weighted by Gasteiger charge is -2.28. The van der Waals surface area contributed by atoms with Crippen LogP contribution in [0.4, 0.5) is 34.1 Å². The Morgan fingerprint density at radius 3 is 1.42 bits per heavy atom. The molecule has 0 bridgehead atoms. The lowest BCUT2D eigenvalue weighted by Crippen LogP contribution is -2.10. The SMILES string of the molecule is c1ccc(N(c2ccc(-c3cc4ccc5cc(N(c6ccccc6)c6ccc7oc8ccccc8c7c6)cc6c5c4c4c(cccc34)O6)cc2)c2ccc3oc4ccccc4c3c2)cc1. The predicted octanol–water partition coefficient (Wildman–Crippen LogP) is 17.7. The van der Waals surface area contributed by atoms with Crippen molar-refractivity contribution in [2.75, 3.05) is 9.80 Å². The quantitative estimate of drug-likeness (QED) is 0.150. The topological polar surface area (TPSA) is 42.0 Å². The summed E-state index contributed by atoms with van der Waals surface area (Å²) < 4.78 is 19.4. The van der Waals surface area contributed by atoms with E-state index in [9.17, 15) is 0 Å². The molecule has 0 unspecified atom stereocenters. The minimum atomic E-state index is 0.846. The number of nitrogens with zero attached hydrogens (tertiary/aromatic N) is 2. The van der Waals surface area contributed by atoms with Crippen LogP contribution in [0.25, 0.3) is 87.3 Å². The Morgan fingerprint density at radius 2 is 0.785 bits per heavy atom. The van der Waals surface area contributed by atoms with Gasteiger partial charge in [0.1, 0.15) is 33.8 Å². The molecule has 11 aromatic carbocycles. The summed E-state index contributed by atoms with van der Waals surface area (Å²) in [5.74, 6) is 1.71. The molecule has 14 rings (SSSR count). The van der Waals surface area contributed by atoms with Crippen molar-refractivity contribution in [2.24, 2.45) is 0 Å². The molecule has 0 radical (unpaired) electrons. The Bertz CT molecular complexity index is 4040. The summed E-state index contributed by atoms with van der Waals surface area (Å²) in [5.41, 5.74) is 12.1. The molecule has 65 heavy (non-hydrogen) atoms. The molecule has 5 nitrogen and oxygen atoms in total. The largest absolute Gasteiger partial charge is 0.456 e. The van der Waals surface area contributed by atoms with Gasteiger partial charge in [-0.25, -0.2) is 0 Å².